The Hall–Kier alpha value is -0.0800. The molecule has 2 N–H and O–H groups in total. The normalized spacial score (nSPS) is 28.4. The molecule has 0 spiro atoms. The van der Waals surface area contributed by atoms with E-state index in [-0.39, 0.29) is 0 Å². The zero-order valence-electron chi connectivity index (χ0n) is 9.13. The van der Waals surface area contributed by atoms with Crippen molar-refractivity contribution in [1.29, 1.82) is 0 Å². The molecule has 13 heavy (non-hydrogen) atoms. The molecule has 0 aromatic carbocycles. The summed E-state index contributed by atoms with van der Waals surface area (Å²) in [6.45, 7) is 8.16. The molecule has 2 nitrogen and oxygen atoms in total. The van der Waals surface area contributed by atoms with Crippen LogP contribution < -0.4 is 5.73 Å². The van der Waals surface area contributed by atoms with E-state index in [9.17, 15) is 0 Å². The van der Waals surface area contributed by atoms with Gasteiger partial charge in [0.2, 0.25) is 0 Å². The maximum Gasteiger partial charge on any atom is 0.0165 e. The van der Waals surface area contributed by atoms with Gasteiger partial charge in [-0.25, -0.2) is 0 Å². The molecular formula is C11H24N2. The molecule has 0 amide bonds. The van der Waals surface area contributed by atoms with Crippen molar-refractivity contribution in [3.63, 3.8) is 0 Å². The second-order valence-corrected chi connectivity index (χ2v) is 4.51. The Labute approximate surface area is 82.5 Å². The lowest BCUT2D eigenvalue weighted by Gasteiger charge is -2.23. The smallest absolute Gasteiger partial charge is 0.0165 e. The van der Waals surface area contributed by atoms with Gasteiger partial charge in [0.05, 0.1) is 0 Å². The molecule has 1 heterocycles. The first kappa shape index (κ1) is 11.0. The molecule has 0 aromatic rings. The van der Waals surface area contributed by atoms with E-state index in [2.05, 4.69) is 18.7 Å². The zero-order valence-corrected chi connectivity index (χ0v) is 9.13. The number of hydrogen-bond donors (Lipinski definition) is 1. The van der Waals surface area contributed by atoms with Gasteiger partial charge < -0.3 is 10.6 Å². The fraction of sp³-hybridized carbons (Fsp3) is 1.00. The highest BCUT2D eigenvalue weighted by Crippen LogP contribution is 2.16. The first-order valence-corrected chi connectivity index (χ1v) is 5.70. The van der Waals surface area contributed by atoms with Crippen LogP contribution >= 0.6 is 0 Å². The molecule has 1 aliphatic rings. The van der Waals surface area contributed by atoms with Crippen molar-refractivity contribution >= 4 is 0 Å². The summed E-state index contributed by atoms with van der Waals surface area (Å²) in [5, 5.41) is 0. The van der Waals surface area contributed by atoms with Crippen molar-refractivity contribution in [3.05, 3.63) is 0 Å². The van der Waals surface area contributed by atoms with Crippen LogP contribution in [0.15, 0.2) is 0 Å². The monoisotopic (exact) mass is 184 g/mol. The molecule has 0 saturated carbocycles. The number of hydrogen-bond acceptors (Lipinski definition) is 2. The lowest BCUT2D eigenvalue weighted by Crippen LogP contribution is -2.37. The van der Waals surface area contributed by atoms with Crippen LogP contribution in [0.4, 0.5) is 0 Å². The second-order valence-electron chi connectivity index (χ2n) is 4.51. The van der Waals surface area contributed by atoms with E-state index in [0.29, 0.717) is 6.04 Å². The fourth-order valence-electron chi connectivity index (χ4n) is 1.97. The second kappa shape index (κ2) is 5.61. The molecule has 0 aromatic heterocycles. The van der Waals surface area contributed by atoms with Gasteiger partial charge in [-0.15, -0.1) is 0 Å². The summed E-state index contributed by atoms with van der Waals surface area (Å²) in [7, 11) is 0. The fourth-order valence-corrected chi connectivity index (χ4v) is 1.97. The molecule has 2 heteroatoms. The minimum Gasteiger partial charge on any atom is -0.327 e. The summed E-state index contributed by atoms with van der Waals surface area (Å²) in [6, 6.07) is 0.383. The quantitative estimate of drug-likeness (QED) is 0.725. The number of rotatable bonds is 3. The molecule has 1 fully saturated rings. The number of nitrogens with zero attached hydrogens (tertiary/aromatic N) is 1. The Bertz CT molecular complexity index is 136. The van der Waals surface area contributed by atoms with Gasteiger partial charge in [0.25, 0.3) is 0 Å². The van der Waals surface area contributed by atoms with Crippen LogP contribution in [0.1, 0.15) is 39.5 Å². The summed E-state index contributed by atoms with van der Waals surface area (Å²) in [5.41, 5.74) is 5.95. The Balaban J connectivity index is 2.25. The summed E-state index contributed by atoms with van der Waals surface area (Å²) >= 11 is 0. The molecule has 1 rings (SSSR count). The van der Waals surface area contributed by atoms with Crippen LogP contribution in [-0.4, -0.2) is 30.6 Å². The van der Waals surface area contributed by atoms with Crippen molar-refractivity contribution in [2.24, 2.45) is 11.7 Å². The van der Waals surface area contributed by atoms with Gasteiger partial charge in [0.1, 0.15) is 0 Å². The predicted octanol–water partition coefficient (Wildman–Crippen LogP) is 1.85. The molecule has 1 aliphatic heterocycles. The van der Waals surface area contributed by atoms with Crippen molar-refractivity contribution in [2.75, 3.05) is 19.6 Å². The number of likely N-dealkylation sites (tertiary alicyclic amines) is 1. The van der Waals surface area contributed by atoms with Gasteiger partial charge in [0.15, 0.2) is 0 Å². The van der Waals surface area contributed by atoms with E-state index in [1.54, 1.807) is 0 Å². The molecule has 78 valence electrons. The third kappa shape index (κ3) is 4.10. The van der Waals surface area contributed by atoms with Crippen LogP contribution in [0.3, 0.4) is 0 Å². The summed E-state index contributed by atoms with van der Waals surface area (Å²) in [5.74, 6) is 0.919. The third-order valence-electron chi connectivity index (χ3n) is 3.13. The van der Waals surface area contributed by atoms with Gasteiger partial charge in [-0.1, -0.05) is 13.8 Å². The Kier molecular flexibility index (Phi) is 4.74. The molecular weight excluding hydrogens is 160 g/mol. The average Bonchev–Trinajstić information content (AvgIpc) is 2.31. The molecule has 2 unspecified atom stereocenters. The minimum absolute atomic E-state index is 0.383. The van der Waals surface area contributed by atoms with E-state index in [0.717, 1.165) is 18.9 Å². The summed E-state index contributed by atoms with van der Waals surface area (Å²) in [4.78, 5) is 2.54. The van der Waals surface area contributed by atoms with Crippen LogP contribution in [0.5, 0.6) is 0 Å². The van der Waals surface area contributed by atoms with E-state index in [1.807, 2.05) is 0 Å². The lowest BCUT2D eigenvalue weighted by molar-refractivity contribution is 0.261. The molecule has 0 bridgehead atoms. The average molecular weight is 184 g/mol. The van der Waals surface area contributed by atoms with Crippen molar-refractivity contribution in [1.82, 2.24) is 4.90 Å². The third-order valence-corrected chi connectivity index (χ3v) is 3.13. The van der Waals surface area contributed by atoms with E-state index in [4.69, 9.17) is 5.73 Å². The number of nitrogens with two attached hydrogens (primary N) is 1. The summed E-state index contributed by atoms with van der Waals surface area (Å²) in [6.07, 6.45) is 5.22. The van der Waals surface area contributed by atoms with E-state index >= 15 is 0 Å². The van der Waals surface area contributed by atoms with Crippen molar-refractivity contribution in [3.8, 4) is 0 Å². The van der Waals surface area contributed by atoms with Crippen LogP contribution in [0, 0.1) is 5.92 Å². The largest absolute Gasteiger partial charge is 0.327 e. The van der Waals surface area contributed by atoms with Crippen LogP contribution in [0.25, 0.3) is 0 Å². The molecule has 0 aliphatic carbocycles. The van der Waals surface area contributed by atoms with Crippen molar-refractivity contribution in [2.45, 2.75) is 45.6 Å². The van der Waals surface area contributed by atoms with Gasteiger partial charge in [-0.05, 0) is 44.7 Å². The van der Waals surface area contributed by atoms with E-state index < -0.39 is 0 Å². The topological polar surface area (TPSA) is 29.3 Å². The molecule has 1 saturated heterocycles. The highest BCUT2D eigenvalue weighted by molar-refractivity contribution is 4.71. The highest BCUT2D eigenvalue weighted by Gasteiger charge is 2.14. The molecule has 2 atom stereocenters. The molecule has 0 radical (unpaired) electrons. The first-order chi connectivity index (χ1) is 6.22. The van der Waals surface area contributed by atoms with Crippen LogP contribution in [-0.2, 0) is 0 Å². The van der Waals surface area contributed by atoms with E-state index in [1.165, 1.54) is 32.4 Å². The standard InChI is InChI=1S/C11H24N2/c1-3-11(12)9-13-7-4-5-10(2)6-8-13/h10-11H,3-9,12H2,1-2H3. The Morgan fingerprint density at radius 2 is 2.15 bits per heavy atom. The first-order valence-electron chi connectivity index (χ1n) is 5.70. The van der Waals surface area contributed by atoms with Gasteiger partial charge in [-0.3, -0.25) is 0 Å². The Morgan fingerprint density at radius 3 is 2.85 bits per heavy atom. The van der Waals surface area contributed by atoms with Gasteiger partial charge >= 0.3 is 0 Å². The van der Waals surface area contributed by atoms with Crippen LogP contribution in [0.2, 0.25) is 0 Å². The minimum atomic E-state index is 0.383. The highest BCUT2D eigenvalue weighted by atomic mass is 15.1. The maximum atomic E-state index is 5.95. The maximum absolute atomic E-state index is 5.95. The Morgan fingerprint density at radius 1 is 1.38 bits per heavy atom. The summed E-state index contributed by atoms with van der Waals surface area (Å²) < 4.78 is 0. The lowest BCUT2D eigenvalue weighted by atomic mass is 10.0. The predicted molar refractivity (Wildman–Crippen MR) is 57.7 cm³/mol. The van der Waals surface area contributed by atoms with Gasteiger partial charge in [-0.2, -0.15) is 0 Å². The van der Waals surface area contributed by atoms with Crippen molar-refractivity contribution < 1.29 is 0 Å². The zero-order chi connectivity index (χ0) is 9.68. The van der Waals surface area contributed by atoms with Gasteiger partial charge in [0, 0.05) is 12.6 Å². The SMILES string of the molecule is CCC(N)CN1CCCC(C)CC1.